The van der Waals surface area contributed by atoms with Crippen molar-refractivity contribution in [2.45, 2.75) is 6.92 Å². The lowest BCUT2D eigenvalue weighted by Gasteiger charge is -2.09. The molecule has 2 rings (SSSR count). The third-order valence-corrected chi connectivity index (χ3v) is 3.55. The molecule has 1 aromatic heterocycles. The number of aromatic nitrogens is 1. The van der Waals surface area contributed by atoms with Crippen molar-refractivity contribution in [2.75, 3.05) is 21.2 Å². The molecule has 6 nitrogen and oxygen atoms in total. The van der Waals surface area contributed by atoms with Crippen molar-refractivity contribution in [2.24, 2.45) is 0 Å². The van der Waals surface area contributed by atoms with E-state index in [9.17, 15) is 9.59 Å². The third kappa shape index (κ3) is 3.49. The summed E-state index contributed by atoms with van der Waals surface area (Å²) < 4.78 is 10.2. The van der Waals surface area contributed by atoms with E-state index < -0.39 is 5.97 Å². The highest BCUT2D eigenvalue weighted by Gasteiger charge is 2.29. The molecule has 0 radical (unpaired) electrons. The summed E-state index contributed by atoms with van der Waals surface area (Å²) in [4.78, 5) is 26.0. The van der Waals surface area contributed by atoms with E-state index in [1.54, 1.807) is 49.5 Å². The zero-order valence-corrected chi connectivity index (χ0v) is 14.5. The zero-order chi connectivity index (χ0) is 17.9. The Labute approximate surface area is 144 Å². The maximum Gasteiger partial charge on any atom is 0.344 e. The van der Waals surface area contributed by atoms with E-state index in [4.69, 9.17) is 20.9 Å². The van der Waals surface area contributed by atoms with Gasteiger partial charge < -0.3 is 14.2 Å². The molecular weight excluding hydrogens is 332 g/mol. The number of halogens is 1. The van der Waals surface area contributed by atoms with Crippen LogP contribution >= 0.6 is 11.6 Å². The molecule has 7 heteroatoms. The van der Waals surface area contributed by atoms with Crippen LogP contribution in [-0.2, 0) is 9.53 Å². The van der Waals surface area contributed by atoms with Crippen LogP contribution in [0.2, 0.25) is 5.02 Å². The molecule has 0 spiro atoms. The Kier molecular flexibility index (Phi) is 5.41. The van der Waals surface area contributed by atoms with Gasteiger partial charge in [-0.05, 0) is 13.0 Å². The minimum atomic E-state index is -0.660. The van der Waals surface area contributed by atoms with Crippen LogP contribution in [-0.4, -0.2) is 43.0 Å². The number of ketones is 1. The second-order valence-electron chi connectivity index (χ2n) is 5.27. The van der Waals surface area contributed by atoms with Crippen molar-refractivity contribution in [1.82, 2.24) is 10.1 Å². The lowest BCUT2D eigenvalue weighted by molar-refractivity contribution is -0.111. The maximum absolute atomic E-state index is 12.3. The number of rotatable bonds is 5. The van der Waals surface area contributed by atoms with E-state index in [1.807, 2.05) is 0 Å². The van der Waals surface area contributed by atoms with Gasteiger partial charge >= 0.3 is 5.97 Å². The predicted octanol–water partition coefficient (Wildman–Crippen LogP) is 3.27. The summed E-state index contributed by atoms with van der Waals surface area (Å²) in [5.74, 6) is -0.874. The van der Waals surface area contributed by atoms with Crippen molar-refractivity contribution >= 4 is 28.9 Å². The molecule has 126 valence electrons. The Bertz CT molecular complexity index is 809. The van der Waals surface area contributed by atoms with Gasteiger partial charge in [0.2, 0.25) is 0 Å². The minimum Gasteiger partial charge on any atom is -0.465 e. The number of hydrogen-bond acceptors (Lipinski definition) is 6. The highest BCUT2D eigenvalue weighted by atomic mass is 35.5. The summed E-state index contributed by atoms with van der Waals surface area (Å²) in [6, 6.07) is 6.91. The Morgan fingerprint density at radius 2 is 1.96 bits per heavy atom. The molecule has 0 bridgehead atoms. The zero-order valence-electron chi connectivity index (χ0n) is 13.8. The Morgan fingerprint density at radius 1 is 1.29 bits per heavy atom. The fraction of sp³-hybridized carbons (Fsp3) is 0.235. The van der Waals surface area contributed by atoms with Crippen LogP contribution in [0.4, 0.5) is 0 Å². The lowest BCUT2D eigenvalue weighted by Crippen LogP contribution is -2.10. The summed E-state index contributed by atoms with van der Waals surface area (Å²) in [6.45, 7) is 1.38. The highest BCUT2D eigenvalue weighted by Crippen LogP contribution is 2.34. The number of allylic oxidation sites excluding steroid dienone is 1. The molecule has 0 aliphatic rings. The molecule has 0 N–H and O–H groups in total. The first-order chi connectivity index (χ1) is 11.4. The van der Waals surface area contributed by atoms with Crippen molar-refractivity contribution in [1.29, 1.82) is 0 Å². The molecule has 1 aromatic carbocycles. The van der Waals surface area contributed by atoms with Gasteiger partial charge in [-0.2, -0.15) is 0 Å². The number of carbonyl (C=O) groups excluding carboxylic acids is 2. The monoisotopic (exact) mass is 348 g/mol. The number of hydrogen-bond donors (Lipinski definition) is 0. The smallest absolute Gasteiger partial charge is 0.344 e. The second-order valence-corrected chi connectivity index (χ2v) is 5.68. The van der Waals surface area contributed by atoms with Crippen LogP contribution in [0.5, 0.6) is 0 Å². The van der Waals surface area contributed by atoms with Crippen LogP contribution in [0, 0.1) is 0 Å². The molecule has 0 atom stereocenters. The maximum atomic E-state index is 12.3. The average molecular weight is 349 g/mol. The summed E-state index contributed by atoms with van der Waals surface area (Å²) in [7, 11) is 4.76. The number of nitrogens with zero attached hydrogens (tertiary/aromatic N) is 2. The van der Waals surface area contributed by atoms with Gasteiger partial charge in [-0.15, -0.1) is 0 Å². The second kappa shape index (κ2) is 7.31. The first kappa shape index (κ1) is 17.7. The summed E-state index contributed by atoms with van der Waals surface area (Å²) in [5, 5.41) is 4.36. The van der Waals surface area contributed by atoms with Gasteiger partial charge in [0.05, 0.1) is 17.7 Å². The molecule has 0 amide bonds. The number of methoxy groups -OCH3 is 1. The van der Waals surface area contributed by atoms with Crippen LogP contribution in [0.15, 0.2) is 35.0 Å². The molecule has 0 fully saturated rings. The average Bonchev–Trinajstić information content (AvgIpc) is 2.96. The largest absolute Gasteiger partial charge is 0.465 e. The van der Waals surface area contributed by atoms with E-state index in [0.29, 0.717) is 10.6 Å². The summed E-state index contributed by atoms with van der Waals surface area (Å²) >= 11 is 6.19. The molecule has 0 saturated carbocycles. The molecular formula is C17H17ClN2O4. The van der Waals surface area contributed by atoms with E-state index in [0.717, 1.165) is 0 Å². The van der Waals surface area contributed by atoms with Crippen LogP contribution in [0.25, 0.3) is 16.8 Å². The first-order valence-electron chi connectivity index (χ1n) is 7.09. The van der Waals surface area contributed by atoms with Crippen molar-refractivity contribution in [3.8, 4) is 11.3 Å². The van der Waals surface area contributed by atoms with E-state index in [1.165, 1.54) is 14.0 Å². The van der Waals surface area contributed by atoms with Gasteiger partial charge in [0.1, 0.15) is 11.3 Å². The SMILES string of the molecule is COC(=O)c1c(-c2ccccc2Cl)noc1/C(=C/N(C)C)C(C)=O. The summed E-state index contributed by atoms with van der Waals surface area (Å²) in [6.07, 6.45) is 1.56. The fourth-order valence-electron chi connectivity index (χ4n) is 2.17. The molecule has 2 aromatic rings. The number of ether oxygens (including phenoxy) is 1. The van der Waals surface area contributed by atoms with Gasteiger partial charge in [0, 0.05) is 25.9 Å². The minimum absolute atomic E-state index is 0.0537. The highest BCUT2D eigenvalue weighted by molar-refractivity contribution is 6.33. The number of esters is 1. The number of benzene rings is 1. The number of carbonyl (C=O) groups is 2. The van der Waals surface area contributed by atoms with E-state index >= 15 is 0 Å². The first-order valence-corrected chi connectivity index (χ1v) is 7.47. The topological polar surface area (TPSA) is 72.6 Å². The molecule has 1 heterocycles. The normalized spacial score (nSPS) is 11.3. The number of Topliss-reactive ketones (excluding diaryl/α,β-unsaturated/α-hetero) is 1. The van der Waals surface area contributed by atoms with E-state index in [-0.39, 0.29) is 28.4 Å². The van der Waals surface area contributed by atoms with Crippen LogP contribution < -0.4 is 0 Å². The van der Waals surface area contributed by atoms with Gasteiger partial charge in [0.15, 0.2) is 11.5 Å². The van der Waals surface area contributed by atoms with Gasteiger partial charge in [-0.3, -0.25) is 4.79 Å². The third-order valence-electron chi connectivity index (χ3n) is 3.22. The summed E-state index contributed by atoms with van der Waals surface area (Å²) in [5.41, 5.74) is 1.02. The van der Waals surface area contributed by atoms with Gasteiger partial charge in [-0.25, -0.2) is 4.79 Å². The lowest BCUT2D eigenvalue weighted by atomic mass is 10.0. The predicted molar refractivity (Wildman–Crippen MR) is 90.6 cm³/mol. The van der Waals surface area contributed by atoms with Gasteiger partial charge in [-0.1, -0.05) is 35.0 Å². The van der Waals surface area contributed by atoms with Crippen LogP contribution in [0.3, 0.4) is 0 Å². The molecule has 0 saturated heterocycles. The fourth-order valence-corrected chi connectivity index (χ4v) is 2.40. The Hall–Kier alpha value is -2.60. The molecule has 24 heavy (non-hydrogen) atoms. The Balaban J connectivity index is 2.74. The van der Waals surface area contributed by atoms with Crippen molar-refractivity contribution in [3.05, 3.63) is 46.8 Å². The quantitative estimate of drug-likeness (QED) is 0.610. The van der Waals surface area contributed by atoms with Crippen molar-refractivity contribution in [3.63, 3.8) is 0 Å². The van der Waals surface area contributed by atoms with Crippen LogP contribution in [0.1, 0.15) is 23.0 Å². The molecule has 0 aliphatic carbocycles. The molecule has 0 unspecified atom stereocenters. The Morgan fingerprint density at radius 3 is 2.50 bits per heavy atom. The van der Waals surface area contributed by atoms with Crippen molar-refractivity contribution < 1.29 is 18.8 Å². The van der Waals surface area contributed by atoms with E-state index in [2.05, 4.69) is 5.16 Å². The molecule has 0 aliphatic heterocycles. The van der Waals surface area contributed by atoms with Gasteiger partial charge in [0.25, 0.3) is 0 Å². The standard InChI is InChI=1S/C17H17ClN2O4/c1-10(21)12(9-20(2)3)16-14(17(22)23-4)15(19-24-16)11-7-5-6-8-13(11)18/h5-9H,1-4H3/b12-9+.